The van der Waals surface area contributed by atoms with E-state index in [1.54, 1.807) is 19.1 Å². The summed E-state index contributed by atoms with van der Waals surface area (Å²) in [5.74, 6) is -0.304. The first kappa shape index (κ1) is 18.1. The zero-order valence-electron chi connectivity index (χ0n) is 14.3. The monoisotopic (exact) mass is 340 g/mol. The molecule has 1 atom stereocenters. The van der Waals surface area contributed by atoms with E-state index in [0.29, 0.717) is 5.56 Å². The van der Waals surface area contributed by atoms with Gasteiger partial charge in [0.15, 0.2) is 0 Å². The topological polar surface area (TPSA) is 96.6 Å². The minimum Gasteiger partial charge on any atom is -0.374 e. The molecule has 0 heterocycles. The molecule has 0 aliphatic carbocycles. The fraction of sp³-hybridized carbons (Fsp3) is 0.222. The number of hydrogen-bond acceptors (Lipinski definition) is 5. The fourth-order valence-corrected chi connectivity index (χ4v) is 2.26. The largest absolute Gasteiger partial charge is 0.374 e. The average molecular weight is 340 g/mol. The summed E-state index contributed by atoms with van der Waals surface area (Å²) in [6.07, 6.45) is 1.37. The number of rotatable bonds is 6. The maximum atomic E-state index is 12.1. The number of carbonyl (C=O) groups excluding carboxylic acids is 1. The second-order valence-corrected chi connectivity index (χ2v) is 5.77. The number of carbonyl (C=O) groups is 1. The molecule has 0 aliphatic heterocycles. The van der Waals surface area contributed by atoms with Gasteiger partial charge in [0, 0.05) is 23.4 Å². The number of anilines is 1. The van der Waals surface area contributed by atoms with Crippen LogP contribution in [-0.4, -0.2) is 23.1 Å². The Kier molecular flexibility index (Phi) is 5.84. The molecule has 0 fully saturated rings. The predicted molar refractivity (Wildman–Crippen MR) is 97.8 cm³/mol. The molecule has 130 valence electrons. The summed E-state index contributed by atoms with van der Waals surface area (Å²) in [6, 6.07) is 11.5. The molecular weight excluding hydrogens is 320 g/mol. The van der Waals surface area contributed by atoms with Gasteiger partial charge >= 0.3 is 0 Å². The van der Waals surface area contributed by atoms with E-state index in [9.17, 15) is 14.9 Å². The van der Waals surface area contributed by atoms with Gasteiger partial charge in [0.1, 0.15) is 6.04 Å². The van der Waals surface area contributed by atoms with Gasteiger partial charge in [0.05, 0.1) is 11.1 Å². The molecule has 0 unspecified atom stereocenters. The molecule has 0 saturated heterocycles. The first-order valence-electron chi connectivity index (χ1n) is 7.78. The van der Waals surface area contributed by atoms with Crippen LogP contribution in [0.25, 0.3) is 0 Å². The summed E-state index contributed by atoms with van der Waals surface area (Å²) in [4.78, 5) is 22.3. The Morgan fingerprint density at radius 1 is 1.24 bits per heavy atom. The number of benzene rings is 2. The van der Waals surface area contributed by atoms with Crippen LogP contribution in [0.2, 0.25) is 0 Å². The van der Waals surface area contributed by atoms with E-state index in [0.717, 1.165) is 16.8 Å². The van der Waals surface area contributed by atoms with Gasteiger partial charge in [0.2, 0.25) is 0 Å². The first-order chi connectivity index (χ1) is 11.9. The zero-order chi connectivity index (χ0) is 18.4. The highest BCUT2D eigenvalue weighted by molar-refractivity contribution is 5.86. The maximum Gasteiger partial charge on any atom is 0.270 e. The summed E-state index contributed by atoms with van der Waals surface area (Å²) in [5, 5.41) is 17.7. The van der Waals surface area contributed by atoms with Gasteiger partial charge in [-0.1, -0.05) is 29.8 Å². The minimum atomic E-state index is -0.483. The molecular formula is C18H20N4O3. The number of hydrazone groups is 1. The minimum absolute atomic E-state index is 0.0276. The lowest BCUT2D eigenvalue weighted by atomic mass is 10.1. The smallest absolute Gasteiger partial charge is 0.270 e. The second-order valence-electron chi connectivity index (χ2n) is 5.77. The molecule has 2 aromatic carbocycles. The van der Waals surface area contributed by atoms with Crippen LogP contribution in [0.4, 0.5) is 11.4 Å². The Morgan fingerprint density at radius 3 is 2.68 bits per heavy atom. The molecule has 0 spiro atoms. The Labute approximate surface area is 145 Å². The lowest BCUT2D eigenvalue weighted by molar-refractivity contribution is -0.384. The molecule has 2 rings (SSSR count). The fourth-order valence-electron chi connectivity index (χ4n) is 2.26. The SMILES string of the molecule is Cc1ccc(N[C@@H](C)C(=O)N/N=C\c2cccc([N+](=O)[O-])c2)c(C)c1. The number of nitro groups is 1. The summed E-state index contributed by atoms with van der Waals surface area (Å²) >= 11 is 0. The van der Waals surface area contributed by atoms with Crippen molar-refractivity contribution in [1.82, 2.24) is 5.43 Å². The maximum absolute atomic E-state index is 12.1. The third kappa shape index (κ3) is 5.13. The third-order valence-corrected chi connectivity index (χ3v) is 3.62. The van der Waals surface area contributed by atoms with Crippen molar-refractivity contribution in [3.63, 3.8) is 0 Å². The summed E-state index contributed by atoms with van der Waals surface area (Å²) < 4.78 is 0. The first-order valence-corrected chi connectivity index (χ1v) is 7.78. The predicted octanol–water partition coefficient (Wildman–Crippen LogP) is 3.16. The highest BCUT2D eigenvalue weighted by Gasteiger charge is 2.12. The molecule has 7 nitrogen and oxygen atoms in total. The van der Waals surface area contributed by atoms with Crippen LogP contribution in [0.1, 0.15) is 23.6 Å². The Balaban J connectivity index is 1.95. The number of nitro benzene ring substituents is 1. The van der Waals surface area contributed by atoms with E-state index < -0.39 is 11.0 Å². The molecule has 0 radical (unpaired) electrons. The number of non-ortho nitro benzene ring substituents is 1. The normalized spacial score (nSPS) is 12.0. The van der Waals surface area contributed by atoms with Crippen LogP contribution in [-0.2, 0) is 4.79 Å². The van der Waals surface area contributed by atoms with Crippen molar-refractivity contribution < 1.29 is 9.72 Å². The number of aryl methyl sites for hydroxylation is 2. The van der Waals surface area contributed by atoms with E-state index in [4.69, 9.17) is 0 Å². The van der Waals surface area contributed by atoms with Gasteiger partial charge in [-0.05, 0) is 32.4 Å². The molecule has 0 bridgehead atoms. The van der Waals surface area contributed by atoms with E-state index >= 15 is 0 Å². The standard InChI is InChI=1S/C18H20N4O3/c1-12-7-8-17(13(2)9-12)20-14(3)18(23)21-19-11-15-5-4-6-16(10-15)22(24)25/h4-11,14,20H,1-3H3,(H,21,23)/b19-11-/t14-/m0/s1. The Hall–Kier alpha value is -3.22. The molecule has 2 aromatic rings. The van der Waals surface area contributed by atoms with Gasteiger partial charge in [-0.15, -0.1) is 0 Å². The third-order valence-electron chi connectivity index (χ3n) is 3.62. The summed E-state index contributed by atoms with van der Waals surface area (Å²) in [7, 11) is 0. The van der Waals surface area contributed by atoms with Crippen molar-refractivity contribution in [2.24, 2.45) is 5.10 Å². The van der Waals surface area contributed by atoms with E-state index in [1.807, 2.05) is 32.0 Å². The molecule has 0 aliphatic rings. The summed E-state index contributed by atoms with van der Waals surface area (Å²) in [6.45, 7) is 5.72. The molecule has 0 saturated carbocycles. The summed E-state index contributed by atoms with van der Waals surface area (Å²) in [5.41, 5.74) is 6.03. The van der Waals surface area contributed by atoms with Gasteiger partial charge in [-0.2, -0.15) is 5.10 Å². The number of amides is 1. The molecule has 25 heavy (non-hydrogen) atoms. The van der Waals surface area contributed by atoms with Gasteiger partial charge in [-0.3, -0.25) is 14.9 Å². The van der Waals surface area contributed by atoms with Crippen molar-refractivity contribution in [3.8, 4) is 0 Å². The van der Waals surface area contributed by atoms with Crippen molar-refractivity contribution in [3.05, 3.63) is 69.3 Å². The number of nitrogens with zero attached hydrogens (tertiary/aromatic N) is 2. The van der Waals surface area contributed by atoms with Crippen LogP contribution in [0.3, 0.4) is 0 Å². The average Bonchev–Trinajstić information content (AvgIpc) is 2.57. The van der Waals surface area contributed by atoms with Crippen molar-refractivity contribution in [2.45, 2.75) is 26.8 Å². The molecule has 7 heteroatoms. The highest BCUT2D eigenvalue weighted by atomic mass is 16.6. The number of nitrogens with one attached hydrogen (secondary N) is 2. The zero-order valence-corrected chi connectivity index (χ0v) is 14.3. The van der Waals surface area contributed by atoms with Gasteiger partial charge in [0.25, 0.3) is 11.6 Å². The van der Waals surface area contributed by atoms with Crippen LogP contribution in [0, 0.1) is 24.0 Å². The highest BCUT2D eigenvalue weighted by Crippen LogP contribution is 2.17. The van der Waals surface area contributed by atoms with Gasteiger partial charge in [-0.25, -0.2) is 5.43 Å². The lowest BCUT2D eigenvalue weighted by Gasteiger charge is -2.15. The van der Waals surface area contributed by atoms with E-state index in [2.05, 4.69) is 15.8 Å². The second kappa shape index (κ2) is 8.05. The van der Waals surface area contributed by atoms with E-state index in [1.165, 1.54) is 18.3 Å². The van der Waals surface area contributed by atoms with Crippen LogP contribution >= 0.6 is 0 Å². The molecule has 0 aromatic heterocycles. The van der Waals surface area contributed by atoms with Crippen LogP contribution in [0.5, 0.6) is 0 Å². The van der Waals surface area contributed by atoms with Crippen LogP contribution in [0.15, 0.2) is 47.6 Å². The van der Waals surface area contributed by atoms with Crippen molar-refractivity contribution in [1.29, 1.82) is 0 Å². The Bertz CT molecular complexity index is 818. The lowest BCUT2D eigenvalue weighted by Crippen LogP contribution is -2.35. The molecule has 2 N–H and O–H groups in total. The van der Waals surface area contributed by atoms with E-state index in [-0.39, 0.29) is 11.6 Å². The van der Waals surface area contributed by atoms with Crippen molar-refractivity contribution in [2.75, 3.05) is 5.32 Å². The molecule has 1 amide bonds. The Morgan fingerprint density at radius 2 is 2.00 bits per heavy atom. The number of hydrogen-bond donors (Lipinski definition) is 2. The van der Waals surface area contributed by atoms with Crippen molar-refractivity contribution >= 4 is 23.5 Å². The van der Waals surface area contributed by atoms with Crippen LogP contribution < -0.4 is 10.7 Å². The quantitative estimate of drug-likeness (QED) is 0.479. The van der Waals surface area contributed by atoms with Gasteiger partial charge < -0.3 is 5.32 Å².